The van der Waals surface area contributed by atoms with Crippen LogP contribution in [0.2, 0.25) is 0 Å². The highest BCUT2D eigenvalue weighted by molar-refractivity contribution is 5.95. The number of pyridine rings is 1. The number of nitrogens with zero attached hydrogens (tertiary/aromatic N) is 4. The Labute approximate surface area is 232 Å². The van der Waals surface area contributed by atoms with E-state index in [0.717, 1.165) is 21.7 Å². The molecule has 41 heavy (non-hydrogen) atoms. The van der Waals surface area contributed by atoms with Crippen molar-refractivity contribution in [3.05, 3.63) is 39.7 Å². The molecule has 3 aliphatic heterocycles. The molecule has 3 saturated heterocycles. The number of rotatable bonds is 8. The van der Waals surface area contributed by atoms with Crippen molar-refractivity contribution in [1.82, 2.24) is 14.4 Å². The van der Waals surface area contributed by atoms with Gasteiger partial charge in [-0.2, -0.15) is 0 Å². The predicted molar refractivity (Wildman–Crippen MR) is 139 cm³/mol. The van der Waals surface area contributed by atoms with E-state index in [9.17, 15) is 33.8 Å². The molecule has 11 nitrogen and oxygen atoms in total. The highest BCUT2D eigenvalue weighted by Gasteiger charge is 2.61. The molecular formula is C27H31F3N4O7. The number of aliphatic carboxylic acids is 1. The molecule has 1 aromatic heterocycles. The number of piperazine rings is 1. The lowest BCUT2D eigenvalue weighted by Gasteiger charge is -2.45. The maximum Gasteiger partial charge on any atom is 0.343 e. The lowest BCUT2D eigenvalue weighted by Crippen LogP contribution is -2.64. The number of aliphatic hydroxyl groups is 1. The molecule has 2 aromatic rings. The molecule has 3 fully saturated rings. The molecule has 0 radical (unpaired) electrons. The Morgan fingerprint density at radius 2 is 1.85 bits per heavy atom. The summed E-state index contributed by atoms with van der Waals surface area (Å²) in [4.78, 5) is 55.3. The number of hydrogen-bond donors (Lipinski definition) is 2. The van der Waals surface area contributed by atoms with Crippen molar-refractivity contribution in [2.45, 2.75) is 38.1 Å². The van der Waals surface area contributed by atoms with Gasteiger partial charge in [-0.25, -0.2) is 22.8 Å². The fourth-order valence-electron chi connectivity index (χ4n) is 6.34. The summed E-state index contributed by atoms with van der Waals surface area (Å²) in [6.07, 6.45) is 0.134. The molecule has 0 spiro atoms. The number of carbonyl (C=O) groups is 3. The van der Waals surface area contributed by atoms with E-state index in [2.05, 4.69) is 0 Å². The summed E-state index contributed by atoms with van der Waals surface area (Å²) in [5.41, 5.74) is -2.28. The Balaban J connectivity index is 1.44. The third-order valence-corrected chi connectivity index (χ3v) is 8.40. The van der Waals surface area contributed by atoms with E-state index in [4.69, 9.17) is 4.74 Å². The van der Waals surface area contributed by atoms with Crippen molar-refractivity contribution >= 4 is 34.4 Å². The minimum atomic E-state index is -1.30. The van der Waals surface area contributed by atoms with Gasteiger partial charge in [-0.3, -0.25) is 9.59 Å². The summed E-state index contributed by atoms with van der Waals surface area (Å²) < 4.78 is 50.8. The number of esters is 1. The Bertz CT molecular complexity index is 1460. The van der Waals surface area contributed by atoms with Crippen LogP contribution in [0.1, 0.15) is 23.7 Å². The number of likely N-dealkylation sites (N-methyl/N-ethyl adjacent to an activating group) is 1. The largest absolute Gasteiger partial charge is 0.480 e. The molecule has 3 aliphatic rings. The molecular weight excluding hydrogens is 549 g/mol. The van der Waals surface area contributed by atoms with E-state index in [-0.39, 0.29) is 17.6 Å². The number of aliphatic hydroxyl groups excluding tert-OH is 1. The molecule has 4 heterocycles. The number of β-lactam (4-membered cyclic amide) rings is 1. The fourth-order valence-corrected chi connectivity index (χ4v) is 6.34. The van der Waals surface area contributed by atoms with Crippen molar-refractivity contribution in [2.75, 3.05) is 51.4 Å². The Kier molecular flexibility index (Phi) is 7.72. The van der Waals surface area contributed by atoms with Crippen LogP contribution in [0.5, 0.6) is 0 Å². The van der Waals surface area contributed by atoms with Crippen LogP contribution >= 0.6 is 0 Å². The van der Waals surface area contributed by atoms with Crippen LogP contribution in [-0.4, -0.2) is 107 Å². The molecule has 1 aromatic carbocycles. The Morgan fingerprint density at radius 1 is 1.17 bits per heavy atom. The van der Waals surface area contributed by atoms with E-state index < -0.39 is 95.7 Å². The van der Waals surface area contributed by atoms with Gasteiger partial charge in [-0.1, -0.05) is 0 Å². The first-order valence-electron chi connectivity index (χ1n) is 13.4. The van der Waals surface area contributed by atoms with E-state index >= 15 is 8.78 Å². The molecule has 1 amide bonds. The quantitative estimate of drug-likeness (QED) is 0.344. The summed E-state index contributed by atoms with van der Waals surface area (Å²) in [7, 11) is 1.88. The summed E-state index contributed by atoms with van der Waals surface area (Å²) in [5.74, 6) is -6.59. The van der Waals surface area contributed by atoms with E-state index in [0.29, 0.717) is 26.2 Å². The van der Waals surface area contributed by atoms with Gasteiger partial charge in [0.05, 0.1) is 36.1 Å². The first-order valence-corrected chi connectivity index (χ1v) is 13.4. The van der Waals surface area contributed by atoms with Crippen LogP contribution in [0.15, 0.2) is 17.1 Å². The van der Waals surface area contributed by atoms with Gasteiger partial charge in [0, 0.05) is 44.3 Å². The first-order chi connectivity index (χ1) is 19.5. The number of halogens is 3. The van der Waals surface area contributed by atoms with Gasteiger partial charge >= 0.3 is 11.9 Å². The molecule has 14 heteroatoms. The number of amides is 1. The molecule has 1 unspecified atom stereocenters. The van der Waals surface area contributed by atoms with Gasteiger partial charge in [0.25, 0.3) is 0 Å². The van der Waals surface area contributed by atoms with Gasteiger partial charge in [-0.15, -0.1) is 0 Å². The van der Waals surface area contributed by atoms with E-state index in [1.807, 2.05) is 11.9 Å². The minimum Gasteiger partial charge on any atom is -0.480 e. The molecule has 0 bridgehead atoms. The lowest BCUT2D eigenvalue weighted by atomic mass is 9.83. The van der Waals surface area contributed by atoms with Crippen LogP contribution in [0.25, 0.3) is 10.9 Å². The number of fused-ring (bicyclic) bond motifs is 2. The smallest absolute Gasteiger partial charge is 0.343 e. The van der Waals surface area contributed by atoms with Gasteiger partial charge in [0.15, 0.2) is 5.82 Å². The van der Waals surface area contributed by atoms with Gasteiger partial charge in [-0.05, 0) is 26.5 Å². The lowest BCUT2D eigenvalue weighted by molar-refractivity contribution is -0.170. The van der Waals surface area contributed by atoms with Crippen molar-refractivity contribution < 1.29 is 42.5 Å². The standard InChI is InChI=1S/C27H31F3N4O7/c1-13(35)19-18-9-14(21(26(38)39)34(18)25(19)37)12-41-27(40)16-11-33(4-3-28)22-15(24(16)36)10-17(29)23(20(22)30)32-7-5-31(2)6-8-32/h10-11,13-14,18-19,21,35H,3-9,12H2,1-2H3,(H,38,39)/t13-,14?,18-,19-,21+/m1/s1. The van der Waals surface area contributed by atoms with Crippen molar-refractivity contribution in [3.8, 4) is 0 Å². The number of aromatic nitrogens is 1. The van der Waals surface area contributed by atoms with Gasteiger partial charge in [0.2, 0.25) is 11.3 Å². The molecule has 222 valence electrons. The zero-order chi connectivity index (χ0) is 29.7. The summed E-state index contributed by atoms with van der Waals surface area (Å²) >= 11 is 0. The van der Waals surface area contributed by atoms with E-state index in [1.165, 1.54) is 11.8 Å². The predicted octanol–water partition coefficient (Wildman–Crippen LogP) is 0.839. The van der Waals surface area contributed by atoms with Crippen LogP contribution in [-0.2, 0) is 20.9 Å². The number of anilines is 1. The first kappa shape index (κ1) is 28.9. The zero-order valence-electron chi connectivity index (χ0n) is 22.6. The topological polar surface area (TPSA) is 133 Å². The van der Waals surface area contributed by atoms with Crippen LogP contribution < -0.4 is 10.3 Å². The third kappa shape index (κ3) is 4.82. The number of ether oxygens (including phenoxy) is 1. The maximum absolute atomic E-state index is 15.8. The zero-order valence-corrected chi connectivity index (χ0v) is 22.6. The summed E-state index contributed by atoms with van der Waals surface area (Å²) in [6, 6.07) is -0.981. The summed E-state index contributed by atoms with van der Waals surface area (Å²) in [5, 5.41) is 19.1. The van der Waals surface area contributed by atoms with Crippen molar-refractivity contribution in [2.24, 2.45) is 11.8 Å². The highest BCUT2D eigenvalue weighted by Crippen LogP contribution is 2.44. The fraction of sp³-hybridized carbons (Fsp3) is 0.556. The Morgan fingerprint density at radius 3 is 2.46 bits per heavy atom. The number of carboxylic acid groups (broad SMARTS) is 1. The maximum atomic E-state index is 15.8. The number of aryl methyl sites for hydroxylation is 1. The van der Waals surface area contributed by atoms with Crippen LogP contribution in [0.3, 0.4) is 0 Å². The number of carboxylic acids is 1. The van der Waals surface area contributed by atoms with E-state index in [1.54, 1.807) is 0 Å². The second-order valence-corrected chi connectivity index (χ2v) is 10.9. The average Bonchev–Trinajstić information content (AvgIpc) is 3.24. The second kappa shape index (κ2) is 11.0. The number of alkyl halides is 1. The normalized spacial score (nSPS) is 25.3. The van der Waals surface area contributed by atoms with Crippen LogP contribution in [0.4, 0.5) is 18.9 Å². The average molecular weight is 581 g/mol. The number of carbonyl (C=O) groups excluding carboxylic acids is 2. The molecule has 5 rings (SSSR count). The Hall–Kier alpha value is -3.65. The monoisotopic (exact) mass is 580 g/mol. The van der Waals surface area contributed by atoms with Crippen LogP contribution in [0, 0.1) is 23.5 Å². The molecule has 0 aliphatic carbocycles. The van der Waals surface area contributed by atoms with Crippen molar-refractivity contribution in [1.29, 1.82) is 0 Å². The minimum absolute atomic E-state index is 0.154. The molecule has 5 atom stereocenters. The number of hydrogen-bond acceptors (Lipinski definition) is 8. The molecule has 0 saturated carbocycles. The molecule has 2 N–H and O–H groups in total. The van der Waals surface area contributed by atoms with Crippen molar-refractivity contribution in [3.63, 3.8) is 0 Å². The summed E-state index contributed by atoms with van der Waals surface area (Å²) in [6.45, 7) is 1.39. The van der Waals surface area contributed by atoms with Gasteiger partial charge < -0.3 is 34.2 Å². The second-order valence-electron chi connectivity index (χ2n) is 10.9. The SMILES string of the molecule is C[C@@H](O)[C@H]1C(=O)N2[C@H](C(=O)O)C(COC(=O)c3cn(CCF)c4c(F)c(N5CCN(C)CC5)c(F)cc4c3=O)C[C@H]12. The number of benzene rings is 1. The third-order valence-electron chi connectivity index (χ3n) is 8.40. The van der Waals surface area contributed by atoms with Gasteiger partial charge in [0.1, 0.15) is 29.8 Å². The highest BCUT2D eigenvalue weighted by atomic mass is 19.1.